The summed E-state index contributed by atoms with van der Waals surface area (Å²) in [6, 6.07) is 0. The van der Waals surface area contributed by atoms with E-state index >= 15 is 0 Å². The number of hydrogen-bond donors (Lipinski definition) is 2. The zero-order valence-electron chi connectivity index (χ0n) is 9.78. The topological polar surface area (TPSA) is 60.8 Å². The van der Waals surface area contributed by atoms with Gasteiger partial charge in [-0.3, -0.25) is 4.79 Å². The average Bonchev–Trinajstić information content (AvgIpc) is 2.23. The second kappa shape index (κ2) is 6.10. The number of nitrogens with zero attached hydrogens (tertiary/aromatic N) is 1. The van der Waals surface area contributed by atoms with E-state index in [4.69, 9.17) is 10.2 Å². The highest BCUT2D eigenvalue weighted by atomic mass is 19.3. The molecule has 0 aromatic rings. The van der Waals surface area contributed by atoms with E-state index in [1.807, 2.05) is 13.8 Å². The summed E-state index contributed by atoms with van der Waals surface area (Å²) in [6.45, 7) is 4.46. The molecule has 96 valence electrons. The van der Waals surface area contributed by atoms with Gasteiger partial charge in [0.05, 0.1) is 6.54 Å². The number of alkyl halides is 2. The van der Waals surface area contributed by atoms with Gasteiger partial charge < -0.3 is 15.1 Å². The van der Waals surface area contributed by atoms with Crippen LogP contribution in [0, 0.1) is 0 Å². The Hall–Kier alpha value is -0.750. The van der Waals surface area contributed by atoms with Gasteiger partial charge in [0, 0.05) is 6.54 Å². The van der Waals surface area contributed by atoms with Crippen LogP contribution in [0.3, 0.4) is 0 Å². The van der Waals surface area contributed by atoms with E-state index in [1.54, 1.807) is 0 Å². The predicted molar refractivity (Wildman–Crippen MR) is 55.2 cm³/mol. The van der Waals surface area contributed by atoms with Crippen LogP contribution in [-0.2, 0) is 4.79 Å². The van der Waals surface area contributed by atoms with Crippen LogP contribution in [0.2, 0.25) is 0 Å². The van der Waals surface area contributed by atoms with Crippen molar-refractivity contribution in [1.29, 1.82) is 0 Å². The molecule has 2 N–H and O–H groups in total. The van der Waals surface area contributed by atoms with Crippen LogP contribution >= 0.6 is 0 Å². The zero-order valence-corrected chi connectivity index (χ0v) is 9.78. The molecule has 1 amide bonds. The Morgan fingerprint density at radius 3 is 2.38 bits per heavy atom. The number of carbonyl (C=O) groups excluding carboxylic acids is 1. The normalized spacial score (nSPS) is 25.4. The third-order valence-corrected chi connectivity index (χ3v) is 2.23. The summed E-state index contributed by atoms with van der Waals surface area (Å²) >= 11 is 0. The molecule has 1 aliphatic heterocycles. The van der Waals surface area contributed by atoms with Gasteiger partial charge >= 0.3 is 0 Å². The summed E-state index contributed by atoms with van der Waals surface area (Å²) < 4.78 is 25.9. The fourth-order valence-corrected chi connectivity index (χ4v) is 1.38. The Bertz CT molecular complexity index is 234. The average molecular weight is 239 g/mol. The molecule has 0 aliphatic carbocycles. The lowest BCUT2D eigenvalue weighted by molar-refractivity contribution is -0.170. The summed E-state index contributed by atoms with van der Waals surface area (Å²) in [5.74, 6) is -4.00. The first kappa shape index (κ1) is 15.2. The molecule has 0 aromatic carbocycles. The van der Waals surface area contributed by atoms with Crippen LogP contribution < -0.4 is 0 Å². The maximum Gasteiger partial charge on any atom is 0.290 e. The summed E-state index contributed by atoms with van der Waals surface area (Å²) in [4.78, 5) is 12.0. The van der Waals surface area contributed by atoms with E-state index in [-0.39, 0.29) is 13.0 Å². The maximum atomic E-state index is 12.9. The Labute approximate surface area is 93.9 Å². The van der Waals surface area contributed by atoms with Crippen molar-refractivity contribution in [2.45, 2.75) is 45.3 Å². The van der Waals surface area contributed by atoms with Gasteiger partial charge in [-0.1, -0.05) is 13.8 Å². The summed E-state index contributed by atoms with van der Waals surface area (Å²) in [5, 5.41) is 17.8. The maximum absolute atomic E-state index is 12.9. The van der Waals surface area contributed by atoms with E-state index in [9.17, 15) is 13.6 Å². The molecule has 0 unspecified atom stereocenters. The second-order valence-electron chi connectivity index (χ2n) is 3.50. The number of aliphatic hydroxyl groups is 2. The molecular formula is C10H19F2NO3. The predicted octanol–water partition coefficient (Wildman–Crippen LogP) is 0.622. The highest BCUT2D eigenvalue weighted by Crippen LogP contribution is 2.27. The quantitative estimate of drug-likeness (QED) is 0.705. The van der Waals surface area contributed by atoms with E-state index in [0.29, 0.717) is 0 Å². The molecule has 6 heteroatoms. The third kappa shape index (κ3) is 3.68. The second-order valence-corrected chi connectivity index (χ2v) is 3.50. The number of rotatable bonds is 1. The first-order valence-corrected chi connectivity index (χ1v) is 5.37. The Balaban J connectivity index is 0.00000106. The van der Waals surface area contributed by atoms with Gasteiger partial charge in [0.1, 0.15) is 12.2 Å². The van der Waals surface area contributed by atoms with Gasteiger partial charge in [-0.15, -0.1) is 0 Å². The largest absolute Gasteiger partial charge is 0.387 e. The fourth-order valence-electron chi connectivity index (χ4n) is 1.38. The lowest BCUT2D eigenvalue weighted by Crippen LogP contribution is -2.55. The van der Waals surface area contributed by atoms with E-state index in [0.717, 1.165) is 4.90 Å². The number of aliphatic hydroxyl groups excluding tert-OH is 2. The molecule has 16 heavy (non-hydrogen) atoms. The van der Waals surface area contributed by atoms with Gasteiger partial charge in [0.15, 0.2) is 0 Å². The van der Waals surface area contributed by atoms with Gasteiger partial charge in [0.25, 0.3) is 11.8 Å². The van der Waals surface area contributed by atoms with Gasteiger partial charge in [-0.25, -0.2) is 8.78 Å². The van der Waals surface area contributed by atoms with Crippen LogP contribution in [0.25, 0.3) is 0 Å². The first-order valence-electron chi connectivity index (χ1n) is 5.37. The number of likely N-dealkylation sites (tertiary alicyclic amines) is 1. The van der Waals surface area contributed by atoms with E-state index < -0.39 is 30.6 Å². The molecule has 1 rings (SSSR count). The minimum Gasteiger partial charge on any atom is -0.387 e. The summed E-state index contributed by atoms with van der Waals surface area (Å²) in [7, 11) is 0. The minimum absolute atomic E-state index is 0.0560. The van der Waals surface area contributed by atoms with E-state index in [1.165, 1.54) is 6.92 Å². The fraction of sp³-hybridized carbons (Fsp3) is 0.900. The highest BCUT2D eigenvalue weighted by molar-refractivity contribution is 5.80. The summed E-state index contributed by atoms with van der Waals surface area (Å²) in [6.07, 6.45) is -3.13. The molecule has 1 saturated heterocycles. The van der Waals surface area contributed by atoms with Crippen molar-refractivity contribution in [1.82, 2.24) is 4.90 Å². The lowest BCUT2D eigenvalue weighted by atomic mass is 10.0. The number of piperidine rings is 1. The molecule has 0 aromatic heterocycles. The zero-order chi connectivity index (χ0) is 12.9. The number of amides is 1. The minimum atomic E-state index is -3.28. The Morgan fingerprint density at radius 1 is 1.50 bits per heavy atom. The molecule has 0 spiro atoms. The molecule has 0 radical (unpaired) electrons. The van der Waals surface area contributed by atoms with Crippen LogP contribution in [0.5, 0.6) is 0 Å². The van der Waals surface area contributed by atoms with Crippen molar-refractivity contribution in [3.63, 3.8) is 0 Å². The first-order chi connectivity index (χ1) is 7.34. The molecule has 1 heterocycles. The number of hydrogen-bond acceptors (Lipinski definition) is 3. The molecule has 0 bridgehead atoms. The molecular weight excluding hydrogens is 220 g/mol. The molecule has 1 aliphatic rings. The van der Waals surface area contributed by atoms with Crippen molar-refractivity contribution in [2.24, 2.45) is 0 Å². The van der Waals surface area contributed by atoms with Gasteiger partial charge in [-0.05, 0) is 13.3 Å². The van der Waals surface area contributed by atoms with Crippen LogP contribution in [0.15, 0.2) is 0 Å². The standard InChI is InChI=1S/C8H13F2NO3.C2H6/c1-5(12)7(14)11-3-2-6(13)8(9,10)4-11;1-2/h5-6,12-13H,2-4H2,1H3;1-2H3/t5-,6-;/m0./s1. The molecule has 2 atom stereocenters. The smallest absolute Gasteiger partial charge is 0.290 e. The Morgan fingerprint density at radius 2 is 2.00 bits per heavy atom. The van der Waals surface area contributed by atoms with E-state index in [2.05, 4.69) is 0 Å². The van der Waals surface area contributed by atoms with Crippen LogP contribution in [-0.4, -0.2) is 52.2 Å². The number of halogens is 2. The molecule has 4 nitrogen and oxygen atoms in total. The molecule has 0 saturated carbocycles. The van der Waals surface area contributed by atoms with Crippen molar-refractivity contribution in [3.8, 4) is 0 Å². The van der Waals surface area contributed by atoms with Crippen molar-refractivity contribution >= 4 is 5.91 Å². The third-order valence-electron chi connectivity index (χ3n) is 2.23. The van der Waals surface area contributed by atoms with Crippen molar-refractivity contribution in [2.75, 3.05) is 13.1 Å². The van der Waals surface area contributed by atoms with Crippen LogP contribution in [0.1, 0.15) is 27.2 Å². The highest BCUT2D eigenvalue weighted by Gasteiger charge is 2.45. The summed E-state index contributed by atoms with van der Waals surface area (Å²) in [5.41, 5.74) is 0. The van der Waals surface area contributed by atoms with Crippen molar-refractivity contribution < 1.29 is 23.8 Å². The van der Waals surface area contributed by atoms with Crippen LogP contribution in [0.4, 0.5) is 8.78 Å². The van der Waals surface area contributed by atoms with Gasteiger partial charge in [-0.2, -0.15) is 0 Å². The SMILES string of the molecule is CC.C[C@H](O)C(=O)N1CC[C@H](O)C(F)(F)C1. The lowest BCUT2D eigenvalue weighted by Gasteiger charge is -2.36. The Kier molecular flexibility index (Phi) is 5.81. The van der Waals surface area contributed by atoms with Gasteiger partial charge in [0.2, 0.25) is 0 Å². The van der Waals surface area contributed by atoms with Crippen molar-refractivity contribution in [3.05, 3.63) is 0 Å². The number of carbonyl (C=O) groups is 1. The monoisotopic (exact) mass is 239 g/mol. The molecule has 1 fully saturated rings.